The largest absolute Gasteiger partial charge is 0.573 e. The third-order valence-corrected chi connectivity index (χ3v) is 2.73. The molecular formula is C11H9F3O4. The minimum atomic E-state index is -4.80. The van der Waals surface area contributed by atoms with Gasteiger partial charge in [0.25, 0.3) is 0 Å². The standard InChI is InChI=1S/C11H9F3O4/c12-11(13,14)18-8-3-1-2-7(4-8)10(9(15)16)5-17-6-10/h1-4H,5-6H2,(H,15,16). The van der Waals surface area contributed by atoms with Crippen LogP contribution in [0.1, 0.15) is 5.56 Å². The van der Waals surface area contributed by atoms with Crippen LogP contribution in [-0.2, 0) is 14.9 Å². The molecule has 0 saturated carbocycles. The van der Waals surface area contributed by atoms with Gasteiger partial charge in [-0.15, -0.1) is 13.2 Å². The van der Waals surface area contributed by atoms with E-state index in [2.05, 4.69) is 4.74 Å². The monoisotopic (exact) mass is 262 g/mol. The molecular weight excluding hydrogens is 253 g/mol. The first-order valence-electron chi connectivity index (χ1n) is 5.01. The van der Waals surface area contributed by atoms with Crippen LogP contribution >= 0.6 is 0 Å². The first-order chi connectivity index (χ1) is 8.33. The Labute approximate surface area is 99.9 Å². The van der Waals surface area contributed by atoms with Crippen LogP contribution in [0.25, 0.3) is 0 Å². The normalized spacial score (nSPS) is 17.9. The van der Waals surface area contributed by atoms with Crippen molar-refractivity contribution in [2.75, 3.05) is 13.2 Å². The predicted octanol–water partition coefficient (Wildman–Crippen LogP) is 1.94. The molecule has 1 aliphatic heterocycles. The summed E-state index contributed by atoms with van der Waals surface area (Å²) < 4.78 is 44.8. The molecule has 0 aromatic heterocycles. The van der Waals surface area contributed by atoms with E-state index in [-0.39, 0.29) is 18.8 Å². The summed E-state index contributed by atoms with van der Waals surface area (Å²) in [5.74, 6) is -1.56. The summed E-state index contributed by atoms with van der Waals surface area (Å²) in [6, 6.07) is 4.95. The lowest BCUT2D eigenvalue weighted by Gasteiger charge is -2.37. The molecule has 4 nitrogen and oxygen atoms in total. The Kier molecular flexibility index (Phi) is 2.94. The number of carboxylic acid groups (broad SMARTS) is 1. The van der Waals surface area contributed by atoms with Crippen molar-refractivity contribution in [1.29, 1.82) is 0 Å². The van der Waals surface area contributed by atoms with Gasteiger partial charge in [-0.05, 0) is 17.7 Å². The van der Waals surface area contributed by atoms with Crippen LogP contribution in [0, 0.1) is 0 Å². The molecule has 7 heteroatoms. The molecule has 0 atom stereocenters. The van der Waals surface area contributed by atoms with Crippen LogP contribution in [0.3, 0.4) is 0 Å². The van der Waals surface area contributed by atoms with Crippen molar-refractivity contribution < 1.29 is 32.5 Å². The van der Waals surface area contributed by atoms with E-state index in [1.807, 2.05) is 0 Å². The van der Waals surface area contributed by atoms with E-state index in [9.17, 15) is 18.0 Å². The lowest BCUT2D eigenvalue weighted by Crippen LogP contribution is -2.53. The van der Waals surface area contributed by atoms with Gasteiger partial charge in [-0.3, -0.25) is 4.79 Å². The highest BCUT2D eigenvalue weighted by atomic mass is 19.4. The molecule has 2 rings (SSSR count). The molecule has 1 fully saturated rings. The minimum absolute atomic E-state index is 0.0577. The average Bonchev–Trinajstić information content (AvgIpc) is 2.12. The number of alkyl halides is 3. The number of hydrogen-bond acceptors (Lipinski definition) is 3. The van der Waals surface area contributed by atoms with Gasteiger partial charge in [0.2, 0.25) is 0 Å². The first-order valence-corrected chi connectivity index (χ1v) is 5.01. The van der Waals surface area contributed by atoms with Crippen molar-refractivity contribution in [3.8, 4) is 5.75 Å². The molecule has 0 aliphatic carbocycles. The molecule has 0 radical (unpaired) electrons. The third-order valence-electron chi connectivity index (χ3n) is 2.73. The predicted molar refractivity (Wildman–Crippen MR) is 53.3 cm³/mol. The second kappa shape index (κ2) is 4.16. The molecule has 1 heterocycles. The number of ether oxygens (including phenoxy) is 2. The van der Waals surface area contributed by atoms with Gasteiger partial charge < -0.3 is 14.6 Å². The fraction of sp³-hybridized carbons (Fsp3) is 0.364. The number of carbonyl (C=O) groups is 1. The van der Waals surface area contributed by atoms with E-state index in [1.165, 1.54) is 12.1 Å². The SMILES string of the molecule is O=C(O)C1(c2cccc(OC(F)(F)F)c2)COC1. The fourth-order valence-corrected chi connectivity index (χ4v) is 1.71. The summed E-state index contributed by atoms with van der Waals surface area (Å²) in [6.07, 6.45) is -4.80. The summed E-state index contributed by atoms with van der Waals surface area (Å²) in [5.41, 5.74) is -1.03. The molecule has 0 spiro atoms. The summed E-state index contributed by atoms with van der Waals surface area (Å²) in [4.78, 5) is 11.2. The number of hydrogen-bond donors (Lipinski definition) is 1. The van der Waals surface area contributed by atoms with Crippen LogP contribution in [0.2, 0.25) is 0 Å². The smallest absolute Gasteiger partial charge is 0.480 e. The Balaban J connectivity index is 2.30. The van der Waals surface area contributed by atoms with E-state index in [1.54, 1.807) is 0 Å². The number of halogens is 3. The quantitative estimate of drug-likeness (QED) is 0.904. The molecule has 0 amide bonds. The molecule has 1 aromatic carbocycles. The second-order valence-corrected chi connectivity index (χ2v) is 3.96. The molecule has 98 valence electrons. The van der Waals surface area contributed by atoms with Gasteiger partial charge in [-0.25, -0.2) is 0 Å². The highest BCUT2D eigenvalue weighted by Gasteiger charge is 2.48. The molecule has 0 unspecified atom stereocenters. The first kappa shape index (κ1) is 12.7. The van der Waals surface area contributed by atoms with E-state index >= 15 is 0 Å². The summed E-state index contributed by atoms with van der Waals surface area (Å²) >= 11 is 0. The topological polar surface area (TPSA) is 55.8 Å². The third kappa shape index (κ3) is 2.26. The molecule has 1 N–H and O–H groups in total. The lowest BCUT2D eigenvalue weighted by atomic mass is 9.79. The number of benzene rings is 1. The fourth-order valence-electron chi connectivity index (χ4n) is 1.71. The second-order valence-electron chi connectivity index (χ2n) is 3.96. The van der Waals surface area contributed by atoms with E-state index in [4.69, 9.17) is 9.84 Å². The summed E-state index contributed by atoms with van der Waals surface area (Å²) in [6.45, 7) is -0.115. The van der Waals surface area contributed by atoms with Gasteiger partial charge in [0, 0.05) is 0 Å². The number of rotatable bonds is 3. The maximum Gasteiger partial charge on any atom is 0.573 e. The van der Waals surface area contributed by atoms with Crippen LogP contribution in [0.15, 0.2) is 24.3 Å². The average molecular weight is 262 g/mol. The molecule has 1 aliphatic rings. The van der Waals surface area contributed by atoms with Crippen LogP contribution in [0.4, 0.5) is 13.2 Å². The van der Waals surface area contributed by atoms with E-state index in [0.717, 1.165) is 12.1 Å². The van der Waals surface area contributed by atoms with Crippen molar-refractivity contribution in [2.24, 2.45) is 0 Å². The van der Waals surface area contributed by atoms with Crippen molar-refractivity contribution >= 4 is 5.97 Å². The van der Waals surface area contributed by atoms with Crippen molar-refractivity contribution in [3.63, 3.8) is 0 Å². The number of aliphatic carboxylic acids is 1. The van der Waals surface area contributed by atoms with Gasteiger partial charge in [0.1, 0.15) is 11.2 Å². The van der Waals surface area contributed by atoms with Gasteiger partial charge in [-0.1, -0.05) is 12.1 Å². The lowest BCUT2D eigenvalue weighted by molar-refractivity contribution is -0.274. The van der Waals surface area contributed by atoms with Crippen molar-refractivity contribution in [1.82, 2.24) is 0 Å². The van der Waals surface area contributed by atoms with Crippen molar-refractivity contribution in [2.45, 2.75) is 11.8 Å². The van der Waals surface area contributed by atoms with E-state index in [0.29, 0.717) is 0 Å². The van der Waals surface area contributed by atoms with Crippen LogP contribution in [0.5, 0.6) is 5.75 Å². The zero-order chi connectivity index (χ0) is 13.4. The Morgan fingerprint density at radius 3 is 2.50 bits per heavy atom. The molecule has 1 aromatic rings. The Morgan fingerprint density at radius 2 is 2.06 bits per heavy atom. The van der Waals surface area contributed by atoms with Gasteiger partial charge in [-0.2, -0.15) is 0 Å². The highest BCUT2D eigenvalue weighted by Crippen LogP contribution is 2.35. The minimum Gasteiger partial charge on any atom is -0.480 e. The molecule has 18 heavy (non-hydrogen) atoms. The van der Waals surface area contributed by atoms with Gasteiger partial charge in [0.15, 0.2) is 0 Å². The van der Waals surface area contributed by atoms with Crippen LogP contribution in [-0.4, -0.2) is 30.7 Å². The maximum atomic E-state index is 12.1. The Bertz CT molecular complexity index is 466. The van der Waals surface area contributed by atoms with Gasteiger partial charge in [0.05, 0.1) is 13.2 Å². The molecule has 1 saturated heterocycles. The van der Waals surface area contributed by atoms with E-state index < -0.39 is 23.5 Å². The zero-order valence-corrected chi connectivity index (χ0v) is 9.03. The molecule has 0 bridgehead atoms. The summed E-state index contributed by atoms with van der Waals surface area (Å²) in [5, 5.41) is 9.12. The Hall–Kier alpha value is -1.76. The van der Waals surface area contributed by atoms with Crippen molar-refractivity contribution in [3.05, 3.63) is 29.8 Å². The summed E-state index contributed by atoms with van der Waals surface area (Å²) in [7, 11) is 0. The highest BCUT2D eigenvalue weighted by molar-refractivity contribution is 5.83. The van der Waals surface area contributed by atoms with Crippen LogP contribution < -0.4 is 4.74 Å². The zero-order valence-electron chi connectivity index (χ0n) is 9.03. The Morgan fingerprint density at radius 1 is 1.39 bits per heavy atom. The van der Waals surface area contributed by atoms with Gasteiger partial charge >= 0.3 is 12.3 Å². The number of carboxylic acids is 1. The maximum absolute atomic E-state index is 12.1.